The predicted molar refractivity (Wildman–Crippen MR) is 109 cm³/mol. The van der Waals surface area contributed by atoms with E-state index in [1.165, 1.54) is 0 Å². The van der Waals surface area contributed by atoms with Gasteiger partial charge in [-0.05, 0) is 33.1 Å². The first-order valence-corrected chi connectivity index (χ1v) is 8.80. The van der Waals surface area contributed by atoms with Crippen molar-refractivity contribution < 1.29 is 9.26 Å². The van der Waals surface area contributed by atoms with E-state index in [0.717, 1.165) is 63.0 Å². The summed E-state index contributed by atoms with van der Waals surface area (Å²) >= 11 is 0. The van der Waals surface area contributed by atoms with Crippen molar-refractivity contribution in [2.45, 2.75) is 59.4 Å². The van der Waals surface area contributed by atoms with Crippen molar-refractivity contribution in [3.63, 3.8) is 0 Å². The summed E-state index contributed by atoms with van der Waals surface area (Å²) < 4.78 is 10.7. The Morgan fingerprint density at radius 2 is 2.00 bits per heavy atom. The van der Waals surface area contributed by atoms with Gasteiger partial charge >= 0.3 is 0 Å². The van der Waals surface area contributed by atoms with E-state index in [9.17, 15) is 0 Å². The van der Waals surface area contributed by atoms with Crippen molar-refractivity contribution in [2.24, 2.45) is 4.99 Å². The van der Waals surface area contributed by atoms with E-state index in [-0.39, 0.29) is 24.0 Å². The zero-order chi connectivity index (χ0) is 16.9. The van der Waals surface area contributed by atoms with Gasteiger partial charge in [-0.15, -0.1) is 24.0 Å². The van der Waals surface area contributed by atoms with Gasteiger partial charge in [0.05, 0.1) is 5.69 Å². The van der Waals surface area contributed by atoms with Crippen molar-refractivity contribution in [3.8, 4) is 0 Å². The standard InChI is InChI=1S/C17H32N4O2.HI/c1-5-14(6-2)16-12-15(23-21-16)13-20-17(18-7-3)19-10-9-11-22-8-4;/h12,14H,5-11,13H2,1-4H3,(H2,18,19,20);1H. The Bertz CT molecular complexity index is 448. The highest BCUT2D eigenvalue weighted by molar-refractivity contribution is 14.0. The summed E-state index contributed by atoms with van der Waals surface area (Å²) in [6.07, 6.45) is 3.12. The fourth-order valence-corrected chi connectivity index (χ4v) is 2.33. The quantitative estimate of drug-likeness (QED) is 0.232. The van der Waals surface area contributed by atoms with E-state index in [1.54, 1.807) is 0 Å². The molecule has 1 heterocycles. The van der Waals surface area contributed by atoms with Crippen LogP contribution in [0.1, 0.15) is 64.3 Å². The van der Waals surface area contributed by atoms with E-state index in [1.807, 2.05) is 13.0 Å². The molecular formula is C17H33IN4O2. The second-order valence-corrected chi connectivity index (χ2v) is 5.40. The second-order valence-electron chi connectivity index (χ2n) is 5.40. The number of aromatic nitrogens is 1. The van der Waals surface area contributed by atoms with Crippen molar-refractivity contribution in [1.29, 1.82) is 0 Å². The molecule has 0 aliphatic heterocycles. The number of halogens is 1. The van der Waals surface area contributed by atoms with Crippen LogP contribution >= 0.6 is 24.0 Å². The monoisotopic (exact) mass is 452 g/mol. The first-order valence-electron chi connectivity index (χ1n) is 8.80. The molecule has 0 amide bonds. The van der Waals surface area contributed by atoms with Crippen molar-refractivity contribution in [2.75, 3.05) is 26.3 Å². The fraction of sp³-hybridized carbons (Fsp3) is 0.765. The summed E-state index contributed by atoms with van der Waals surface area (Å²) in [4.78, 5) is 4.55. The molecule has 6 nitrogen and oxygen atoms in total. The molecule has 1 rings (SSSR count). The SMILES string of the molecule is CCNC(=NCc1cc(C(CC)CC)no1)NCCCOCC.I. The minimum absolute atomic E-state index is 0. The minimum Gasteiger partial charge on any atom is -0.382 e. The molecule has 0 aliphatic carbocycles. The number of nitrogens with one attached hydrogen (secondary N) is 2. The topological polar surface area (TPSA) is 71.7 Å². The van der Waals surface area contributed by atoms with Crippen LogP contribution in [0.5, 0.6) is 0 Å². The van der Waals surface area contributed by atoms with Crippen LogP contribution in [0.4, 0.5) is 0 Å². The molecule has 24 heavy (non-hydrogen) atoms. The van der Waals surface area contributed by atoms with E-state index >= 15 is 0 Å². The molecule has 140 valence electrons. The Hall–Kier alpha value is -0.830. The highest BCUT2D eigenvalue weighted by atomic mass is 127. The molecule has 2 N–H and O–H groups in total. The van der Waals surface area contributed by atoms with Crippen LogP contribution < -0.4 is 10.6 Å². The van der Waals surface area contributed by atoms with Gasteiger partial charge in [0.2, 0.25) is 0 Å². The Morgan fingerprint density at radius 1 is 1.25 bits per heavy atom. The summed E-state index contributed by atoms with van der Waals surface area (Å²) in [5.41, 5.74) is 1.04. The lowest BCUT2D eigenvalue weighted by atomic mass is 9.99. The zero-order valence-corrected chi connectivity index (χ0v) is 17.8. The lowest BCUT2D eigenvalue weighted by Crippen LogP contribution is -2.38. The third kappa shape index (κ3) is 8.86. The van der Waals surface area contributed by atoms with Gasteiger partial charge in [0, 0.05) is 38.3 Å². The Balaban J connectivity index is 0.00000529. The molecule has 0 aromatic carbocycles. The molecule has 0 atom stereocenters. The Kier molecular flexibility index (Phi) is 14.0. The number of aliphatic imine (C=N–C) groups is 1. The zero-order valence-electron chi connectivity index (χ0n) is 15.4. The summed E-state index contributed by atoms with van der Waals surface area (Å²) in [5.74, 6) is 2.07. The van der Waals surface area contributed by atoms with E-state index < -0.39 is 0 Å². The number of hydrogen-bond donors (Lipinski definition) is 2. The summed E-state index contributed by atoms with van der Waals surface area (Å²) in [6.45, 7) is 12.1. The number of guanidine groups is 1. The first kappa shape index (κ1) is 23.2. The van der Waals surface area contributed by atoms with Gasteiger partial charge in [0.1, 0.15) is 6.54 Å². The molecule has 0 fully saturated rings. The lowest BCUT2D eigenvalue weighted by molar-refractivity contribution is 0.145. The van der Waals surface area contributed by atoms with Crippen LogP contribution in [0.3, 0.4) is 0 Å². The molecule has 7 heteroatoms. The van der Waals surface area contributed by atoms with Crippen molar-refractivity contribution in [3.05, 3.63) is 17.5 Å². The molecule has 0 saturated carbocycles. The van der Waals surface area contributed by atoms with E-state index in [0.29, 0.717) is 12.5 Å². The molecule has 0 aliphatic rings. The molecule has 0 bridgehead atoms. The van der Waals surface area contributed by atoms with Gasteiger partial charge in [-0.1, -0.05) is 19.0 Å². The highest BCUT2D eigenvalue weighted by Crippen LogP contribution is 2.22. The lowest BCUT2D eigenvalue weighted by Gasteiger charge is -2.10. The van der Waals surface area contributed by atoms with E-state index in [4.69, 9.17) is 9.26 Å². The number of ether oxygens (including phenoxy) is 1. The van der Waals surface area contributed by atoms with Gasteiger partial charge < -0.3 is 19.9 Å². The third-order valence-corrected chi connectivity index (χ3v) is 3.68. The van der Waals surface area contributed by atoms with Gasteiger partial charge in [0.15, 0.2) is 11.7 Å². The maximum atomic E-state index is 5.40. The third-order valence-electron chi connectivity index (χ3n) is 3.68. The minimum atomic E-state index is 0. The largest absolute Gasteiger partial charge is 0.382 e. The predicted octanol–water partition coefficient (Wildman–Crippen LogP) is 3.68. The average molecular weight is 452 g/mol. The number of nitrogens with zero attached hydrogens (tertiary/aromatic N) is 2. The molecule has 1 aromatic heterocycles. The van der Waals surface area contributed by atoms with Gasteiger partial charge in [0.25, 0.3) is 0 Å². The van der Waals surface area contributed by atoms with Gasteiger partial charge in [-0.2, -0.15) is 0 Å². The normalized spacial score (nSPS) is 11.5. The molecule has 0 unspecified atom stereocenters. The highest BCUT2D eigenvalue weighted by Gasteiger charge is 2.12. The van der Waals surface area contributed by atoms with Gasteiger partial charge in [-0.25, -0.2) is 4.99 Å². The summed E-state index contributed by atoms with van der Waals surface area (Å²) in [5, 5.41) is 10.7. The van der Waals surface area contributed by atoms with Gasteiger partial charge in [-0.3, -0.25) is 0 Å². The van der Waals surface area contributed by atoms with Crippen LogP contribution in [0.15, 0.2) is 15.6 Å². The summed E-state index contributed by atoms with van der Waals surface area (Å²) in [7, 11) is 0. The average Bonchev–Trinajstić information content (AvgIpc) is 3.02. The number of hydrogen-bond acceptors (Lipinski definition) is 4. The maximum absolute atomic E-state index is 5.40. The van der Waals surface area contributed by atoms with Crippen molar-refractivity contribution >= 4 is 29.9 Å². The maximum Gasteiger partial charge on any atom is 0.191 e. The molecular weight excluding hydrogens is 419 g/mol. The fourth-order valence-electron chi connectivity index (χ4n) is 2.33. The summed E-state index contributed by atoms with van der Waals surface area (Å²) in [6, 6.07) is 2.03. The molecule has 1 aromatic rings. The second kappa shape index (κ2) is 14.5. The van der Waals surface area contributed by atoms with Crippen LogP contribution in [0.2, 0.25) is 0 Å². The first-order chi connectivity index (χ1) is 11.2. The number of rotatable bonds is 11. The molecule has 0 radical (unpaired) electrons. The van der Waals surface area contributed by atoms with Crippen LogP contribution in [0, 0.1) is 0 Å². The van der Waals surface area contributed by atoms with E-state index in [2.05, 4.69) is 41.6 Å². The molecule has 0 spiro atoms. The van der Waals surface area contributed by atoms with Crippen LogP contribution in [-0.4, -0.2) is 37.4 Å². The van der Waals surface area contributed by atoms with Crippen LogP contribution in [0.25, 0.3) is 0 Å². The molecule has 0 saturated heterocycles. The van der Waals surface area contributed by atoms with Crippen LogP contribution in [-0.2, 0) is 11.3 Å². The Morgan fingerprint density at radius 3 is 2.62 bits per heavy atom. The Labute approximate surface area is 163 Å². The smallest absolute Gasteiger partial charge is 0.191 e. The van der Waals surface area contributed by atoms with Crippen molar-refractivity contribution in [1.82, 2.24) is 15.8 Å².